The van der Waals surface area contributed by atoms with E-state index in [0.717, 1.165) is 5.56 Å². The van der Waals surface area contributed by atoms with Crippen LogP contribution in [0.4, 0.5) is 5.69 Å². The maximum Gasteiger partial charge on any atom is 0.339 e. The number of furan rings is 1. The summed E-state index contributed by atoms with van der Waals surface area (Å²) in [5.74, 6) is -1.16. The van der Waals surface area contributed by atoms with Crippen molar-refractivity contribution < 1.29 is 22.7 Å². The minimum absolute atomic E-state index is 0.0682. The Balaban J connectivity index is 2.03. The second kappa shape index (κ2) is 6.42. The number of carbonyl (C=O) groups is 1. The largest absolute Gasteiger partial charge is 0.478 e. The van der Waals surface area contributed by atoms with Crippen LogP contribution >= 0.6 is 11.6 Å². The lowest BCUT2D eigenvalue weighted by atomic mass is 10.1. The molecule has 6 nitrogen and oxygen atoms in total. The number of alkyl halides is 1. The summed E-state index contributed by atoms with van der Waals surface area (Å²) in [5.41, 5.74) is 1.43. The number of halogens is 1. The van der Waals surface area contributed by atoms with Crippen molar-refractivity contribution in [1.82, 2.24) is 0 Å². The fourth-order valence-electron chi connectivity index (χ4n) is 2.47. The molecule has 1 heterocycles. The van der Waals surface area contributed by atoms with Gasteiger partial charge in [-0.15, -0.1) is 11.6 Å². The number of hydrogen-bond donors (Lipinski definition) is 2. The summed E-state index contributed by atoms with van der Waals surface area (Å²) in [5, 5.41) is 9.64. The second-order valence-electron chi connectivity index (χ2n) is 5.47. The number of nitrogens with one attached hydrogen (secondary N) is 1. The van der Waals surface area contributed by atoms with E-state index < -0.39 is 16.0 Å². The van der Waals surface area contributed by atoms with Crippen LogP contribution < -0.4 is 4.72 Å². The van der Waals surface area contributed by atoms with Gasteiger partial charge in [-0.25, -0.2) is 13.2 Å². The number of rotatable bonds is 5. The van der Waals surface area contributed by atoms with E-state index in [4.69, 9.17) is 16.0 Å². The molecule has 0 unspecified atom stereocenters. The molecule has 0 aliphatic heterocycles. The summed E-state index contributed by atoms with van der Waals surface area (Å²) in [6.45, 7) is 1.86. The van der Waals surface area contributed by atoms with E-state index in [9.17, 15) is 18.3 Å². The van der Waals surface area contributed by atoms with Gasteiger partial charge in [-0.3, -0.25) is 4.72 Å². The zero-order valence-corrected chi connectivity index (χ0v) is 14.7. The molecule has 3 aromatic rings. The number of benzene rings is 2. The zero-order valence-electron chi connectivity index (χ0n) is 13.1. The molecule has 0 aliphatic rings. The van der Waals surface area contributed by atoms with E-state index in [0.29, 0.717) is 5.58 Å². The van der Waals surface area contributed by atoms with Gasteiger partial charge in [0, 0.05) is 11.1 Å². The molecule has 3 rings (SSSR count). The normalized spacial score (nSPS) is 11.6. The Labute approximate surface area is 149 Å². The van der Waals surface area contributed by atoms with Crippen LogP contribution in [-0.2, 0) is 15.9 Å². The van der Waals surface area contributed by atoms with E-state index in [-0.39, 0.29) is 33.2 Å². The van der Waals surface area contributed by atoms with Gasteiger partial charge in [0.15, 0.2) is 0 Å². The quantitative estimate of drug-likeness (QED) is 0.653. The van der Waals surface area contributed by atoms with Crippen LogP contribution in [0.25, 0.3) is 11.0 Å². The summed E-state index contributed by atoms with van der Waals surface area (Å²) in [6.07, 6.45) is 0. The topological polar surface area (TPSA) is 96.6 Å². The third kappa shape index (κ3) is 3.33. The van der Waals surface area contributed by atoms with Gasteiger partial charge in [-0.1, -0.05) is 17.7 Å². The van der Waals surface area contributed by atoms with E-state index >= 15 is 0 Å². The third-order valence-electron chi connectivity index (χ3n) is 3.68. The van der Waals surface area contributed by atoms with Crippen molar-refractivity contribution in [2.24, 2.45) is 0 Å². The van der Waals surface area contributed by atoms with Crippen molar-refractivity contribution in [3.63, 3.8) is 0 Å². The van der Waals surface area contributed by atoms with Crippen LogP contribution in [0.15, 0.2) is 51.8 Å². The molecule has 0 aliphatic carbocycles. The van der Waals surface area contributed by atoms with E-state index in [1.165, 1.54) is 30.3 Å². The second-order valence-corrected chi connectivity index (χ2v) is 7.42. The molecule has 0 bridgehead atoms. The Morgan fingerprint density at radius 2 is 1.88 bits per heavy atom. The van der Waals surface area contributed by atoms with Crippen molar-refractivity contribution in [1.29, 1.82) is 0 Å². The van der Waals surface area contributed by atoms with Gasteiger partial charge in [0.1, 0.15) is 16.9 Å². The van der Waals surface area contributed by atoms with Gasteiger partial charge in [-0.2, -0.15) is 0 Å². The Bertz CT molecular complexity index is 1050. The first-order valence-corrected chi connectivity index (χ1v) is 9.28. The van der Waals surface area contributed by atoms with Gasteiger partial charge in [0.05, 0.1) is 10.8 Å². The summed E-state index contributed by atoms with van der Waals surface area (Å²) in [6, 6.07) is 10.8. The maximum absolute atomic E-state index is 12.5. The molecule has 0 saturated heterocycles. The molecule has 0 fully saturated rings. The molecule has 0 radical (unpaired) electrons. The highest BCUT2D eigenvalue weighted by Crippen LogP contribution is 2.30. The van der Waals surface area contributed by atoms with Crippen molar-refractivity contribution in [2.75, 3.05) is 4.72 Å². The van der Waals surface area contributed by atoms with Gasteiger partial charge in [0.25, 0.3) is 10.0 Å². The molecular formula is C17H14ClNO5S. The summed E-state index contributed by atoms with van der Waals surface area (Å²) >= 11 is 5.72. The van der Waals surface area contributed by atoms with Gasteiger partial charge < -0.3 is 9.52 Å². The monoisotopic (exact) mass is 379 g/mol. The lowest BCUT2D eigenvalue weighted by molar-refractivity contribution is 0.0696. The summed E-state index contributed by atoms with van der Waals surface area (Å²) < 4.78 is 32.8. The fraction of sp³-hybridized carbons (Fsp3) is 0.118. The van der Waals surface area contributed by atoms with Crippen molar-refractivity contribution >= 4 is 44.3 Å². The summed E-state index contributed by atoms with van der Waals surface area (Å²) in [7, 11) is -3.78. The number of sulfonamides is 1. The van der Waals surface area contributed by atoms with Crippen molar-refractivity contribution in [3.05, 3.63) is 59.4 Å². The van der Waals surface area contributed by atoms with Gasteiger partial charge in [-0.05, 0) is 37.3 Å². The van der Waals surface area contributed by atoms with E-state index in [1.807, 2.05) is 6.92 Å². The van der Waals surface area contributed by atoms with E-state index in [2.05, 4.69) is 4.72 Å². The predicted molar refractivity (Wildman–Crippen MR) is 94.7 cm³/mol. The van der Waals surface area contributed by atoms with Crippen LogP contribution in [0.2, 0.25) is 0 Å². The Hall–Kier alpha value is -2.51. The zero-order chi connectivity index (χ0) is 18.2. The molecule has 1 aromatic heterocycles. The number of anilines is 1. The summed E-state index contributed by atoms with van der Waals surface area (Å²) in [4.78, 5) is 11.6. The van der Waals surface area contributed by atoms with Crippen LogP contribution in [0, 0.1) is 6.92 Å². The molecule has 8 heteroatoms. The lowest BCUT2D eigenvalue weighted by Gasteiger charge is -2.08. The number of fused-ring (bicyclic) bond motifs is 1. The smallest absolute Gasteiger partial charge is 0.339 e. The molecule has 2 N–H and O–H groups in total. The van der Waals surface area contributed by atoms with Gasteiger partial charge in [0.2, 0.25) is 0 Å². The minimum Gasteiger partial charge on any atom is -0.478 e. The van der Waals surface area contributed by atoms with Crippen LogP contribution in [0.5, 0.6) is 0 Å². The Morgan fingerprint density at radius 3 is 2.48 bits per heavy atom. The van der Waals surface area contributed by atoms with Crippen LogP contribution in [0.3, 0.4) is 0 Å². The number of carboxylic acid groups (broad SMARTS) is 1. The highest BCUT2D eigenvalue weighted by molar-refractivity contribution is 7.92. The average molecular weight is 380 g/mol. The molecule has 0 amide bonds. The predicted octanol–water partition coefficient (Wildman–Crippen LogP) is 3.98. The molecule has 0 atom stereocenters. The average Bonchev–Trinajstić information content (AvgIpc) is 2.92. The molecular weight excluding hydrogens is 366 g/mol. The molecule has 130 valence electrons. The molecule has 25 heavy (non-hydrogen) atoms. The van der Waals surface area contributed by atoms with E-state index in [1.54, 1.807) is 12.1 Å². The number of carboxylic acids is 1. The number of hydrogen-bond acceptors (Lipinski definition) is 4. The Kier molecular flexibility index (Phi) is 4.45. The van der Waals surface area contributed by atoms with Crippen LogP contribution in [0.1, 0.15) is 21.7 Å². The van der Waals surface area contributed by atoms with Crippen LogP contribution in [-0.4, -0.2) is 19.5 Å². The number of aryl methyl sites for hydroxylation is 1. The molecule has 2 aromatic carbocycles. The standard InChI is InChI=1S/C17H14ClNO5S/c1-10-2-5-12(6-3-10)25(22,23)19-11-4-7-14-13(8-11)16(17(20)21)15(9-18)24-14/h2-8,19H,9H2,1H3,(H,20,21). The lowest BCUT2D eigenvalue weighted by Crippen LogP contribution is -2.12. The third-order valence-corrected chi connectivity index (χ3v) is 5.32. The highest BCUT2D eigenvalue weighted by Gasteiger charge is 2.21. The minimum atomic E-state index is -3.78. The first-order valence-electron chi connectivity index (χ1n) is 7.26. The fourth-order valence-corrected chi connectivity index (χ4v) is 3.71. The first-order chi connectivity index (χ1) is 11.8. The number of aromatic carboxylic acids is 1. The van der Waals surface area contributed by atoms with Crippen molar-refractivity contribution in [2.45, 2.75) is 17.7 Å². The maximum atomic E-state index is 12.5. The highest BCUT2D eigenvalue weighted by atomic mass is 35.5. The Morgan fingerprint density at radius 1 is 1.20 bits per heavy atom. The first kappa shape index (κ1) is 17.3. The van der Waals surface area contributed by atoms with Gasteiger partial charge >= 0.3 is 5.97 Å². The molecule has 0 saturated carbocycles. The van der Waals surface area contributed by atoms with Crippen molar-refractivity contribution in [3.8, 4) is 0 Å². The SMILES string of the molecule is Cc1ccc(S(=O)(=O)Nc2ccc3oc(CCl)c(C(=O)O)c3c2)cc1. The molecule has 0 spiro atoms.